The van der Waals surface area contributed by atoms with Crippen LogP contribution in [0.25, 0.3) is 0 Å². The molecule has 5 nitrogen and oxygen atoms in total. The quantitative estimate of drug-likeness (QED) is 0.619. The summed E-state index contributed by atoms with van der Waals surface area (Å²) in [6, 6.07) is 0.152. The molecular formula is C12H28N4O. The van der Waals surface area contributed by atoms with Gasteiger partial charge < -0.3 is 15.7 Å². The first-order chi connectivity index (χ1) is 8.04. The van der Waals surface area contributed by atoms with E-state index in [0.29, 0.717) is 0 Å². The summed E-state index contributed by atoms with van der Waals surface area (Å²) in [6.07, 6.45) is 0. The highest BCUT2D eigenvalue weighted by Crippen LogP contribution is 2.08. The van der Waals surface area contributed by atoms with Gasteiger partial charge in [-0.2, -0.15) is 0 Å². The fraction of sp³-hybridized carbons (Fsp3) is 1.00. The lowest BCUT2D eigenvalue weighted by Crippen LogP contribution is -2.56. The highest BCUT2D eigenvalue weighted by molar-refractivity contribution is 4.83. The van der Waals surface area contributed by atoms with E-state index in [-0.39, 0.29) is 18.7 Å². The zero-order chi connectivity index (χ0) is 12.8. The number of aliphatic hydroxyl groups is 1. The standard InChI is InChI=1S/C12H28N4O/c1-11(13)12(10-17)16-8-6-15(7-9-16)5-4-14(2)3/h11-12,17H,4-10,13H2,1-3H3. The van der Waals surface area contributed by atoms with Gasteiger partial charge in [-0.25, -0.2) is 0 Å². The average molecular weight is 244 g/mol. The summed E-state index contributed by atoms with van der Waals surface area (Å²) >= 11 is 0. The third-order valence-electron chi connectivity index (χ3n) is 3.53. The third kappa shape index (κ3) is 4.89. The Labute approximate surface area is 105 Å². The van der Waals surface area contributed by atoms with Crippen molar-refractivity contribution in [2.45, 2.75) is 19.0 Å². The van der Waals surface area contributed by atoms with Gasteiger partial charge in [-0.05, 0) is 21.0 Å². The summed E-state index contributed by atoms with van der Waals surface area (Å²) in [7, 11) is 4.21. The molecule has 1 rings (SSSR count). The summed E-state index contributed by atoms with van der Waals surface area (Å²) in [5.74, 6) is 0. The summed E-state index contributed by atoms with van der Waals surface area (Å²) in [4.78, 5) is 7.01. The van der Waals surface area contributed by atoms with E-state index in [0.717, 1.165) is 39.3 Å². The second-order valence-electron chi connectivity index (χ2n) is 5.29. The molecule has 0 amide bonds. The number of likely N-dealkylation sites (N-methyl/N-ethyl adjacent to an activating group) is 1. The number of nitrogens with two attached hydrogens (primary N) is 1. The van der Waals surface area contributed by atoms with E-state index in [1.807, 2.05) is 6.92 Å². The van der Waals surface area contributed by atoms with Gasteiger partial charge in [0, 0.05) is 51.4 Å². The van der Waals surface area contributed by atoms with Crippen LogP contribution in [0.5, 0.6) is 0 Å². The van der Waals surface area contributed by atoms with Gasteiger partial charge in [0.05, 0.1) is 6.61 Å². The Morgan fingerprint density at radius 1 is 1.24 bits per heavy atom. The smallest absolute Gasteiger partial charge is 0.0601 e. The third-order valence-corrected chi connectivity index (χ3v) is 3.53. The molecule has 3 N–H and O–H groups in total. The van der Waals surface area contributed by atoms with Gasteiger partial charge in [0.15, 0.2) is 0 Å². The number of aliphatic hydroxyl groups excluding tert-OH is 1. The Bertz CT molecular complexity index is 203. The predicted molar refractivity (Wildman–Crippen MR) is 71.1 cm³/mol. The van der Waals surface area contributed by atoms with Crippen LogP contribution < -0.4 is 5.73 Å². The Morgan fingerprint density at radius 2 is 1.82 bits per heavy atom. The van der Waals surface area contributed by atoms with E-state index in [1.54, 1.807) is 0 Å². The lowest BCUT2D eigenvalue weighted by Gasteiger charge is -2.40. The monoisotopic (exact) mass is 244 g/mol. The molecule has 1 fully saturated rings. The molecule has 0 aromatic heterocycles. The maximum absolute atomic E-state index is 9.35. The molecule has 0 radical (unpaired) electrons. The predicted octanol–water partition coefficient (Wildman–Crippen LogP) is -1.13. The van der Waals surface area contributed by atoms with Gasteiger partial charge in [0.1, 0.15) is 0 Å². The molecule has 2 unspecified atom stereocenters. The van der Waals surface area contributed by atoms with E-state index < -0.39 is 0 Å². The van der Waals surface area contributed by atoms with Crippen LogP contribution in [0.4, 0.5) is 0 Å². The molecule has 0 bridgehead atoms. The van der Waals surface area contributed by atoms with Crippen molar-refractivity contribution in [3.05, 3.63) is 0 Å². The molecule has 0 saturated carbocycles. The van der Waals surface area contributed by atoms with Gasteiger partial charge in [-0.1, -0.05) is 0 Å². The molecular weight excluding hydrogens is 216 g/mol. The SMILES string of the molecule is CC(N)C(CO)N1CCN(CCN(C)C)CC1. The van der Waals surface area contributed by atoms with E-state index in [1.165, 1.54) is 0 Å². The largest absolute Gasteiger partial charge is 0.395 e. The van der Waals surface area contributed by atoms with Crippen LogP contribution in [-0.4, -0.2) is 91.9 Å². The van der Waals surface area contributed by atoms with E-state index >= 15 is 0 Å². The van der Waals surface area contributed by atoms with Crippen molar-refractivity contribution in [2.24, 2.45) is 5.73 Å². The molecule has 1 saturated heterocycles. The minimum absolute atomic E-state index is 0.0355. The van der Waals surface area contributed by atoms with Crippen molar-refractivity contribution in [1.29, 1.82) is 0 Å². The summed E-state index contributed by atoms with van der Waals surface area (Å²) in [5.41, 5.74) is 5.89. The Kier molecular flexibility index (Phi) is 6.37. The maximum Gasteiger partial charge on any atom is 0.0601 e. The molecule has 0 aromatic rings. The van der Waals surface area contributed by atoms with Gasteiger partial charge in [0.25, 0.3) is 0 Å². The fourth-order valence-electron chi connectivity index (χ4n) is 2.27. The molecule has 2 atom stereocenters. The van der Waals surface area contributed by atoms with E-state index in [4.69, 9.17) is 5.73 Å². The Balaban J connectivity index is 2.29. The average Bonchev–Trinajstić information content (AvgIpc) is 2.28. The van der Waals surface area contributed by atoms with Crippen molar-refractivity contribution >= 4 is 0 Å². The minimum atomic E-state index is 0.0355. The van der Waals surface area contributed by atoms with E-state index in [9.17, 15) is 5.11 Å². The second kappa shape index (κ2) is 7.28. The van der Waals surface area contributed by atoms with Crippen molar-refractivity contribution in [2.75, 3.05) is 60.0 Å². The minimum Gasteiger partial charge on any atom is -0.395 e. The van der Waals surface area contributed by atoms with Crippen LogP contribution >= 0.6 is 0 Å². The zero-order valence-electron chi connectivity index (χ0n) is 11.5. The Morgan fingerprint density at radius 3 is 2.24 bits per heavy atom. The first kappa shape index (κ1) is 14.9. The van der Waals surface area contributed by atoms with Crippen LogP contribution in [-0.2, 0) is 0 Å². The molecule has 1 aliphatic rings. The molecule has 1 heterocycles. The summed E-state index contributed by atoms with van der Waals surface area (Å²) < 4.78 is 0. The zero-order valence-corrected chi connectivity index (χ0v) is 11.5. The highest BCUT2D eigenvalue weighted by Gasteiger charge is 2.25. The van der Waals surface area contributed by atoms with Gasteiger partial charge in [-0.15, -0.1) is 0 Å². The number of piperazine rings is 1. The first-order valence-electron chi connectivity index (χ1n) is 6.52. The number of hydrogen-bond donors (Lipinski definition) is 2. The van der Waals surface area contributed by atoms with E-state index in [2.05, 4.69) is 28.8 Å². The lowest BCUT2D eigenvalue weighted by molar-refractivity contribution is 0.0541. The van der Waals surface area contributed by atoms with Crippen molar-refractivity contribution in [1.82, 2.24) is 14.7 Å². The molecule has 0 aromatic carbocycles. The van der Waals surface area contributed by atoms with Crippen molar-refractivity contribution in [3.8, 4) is 0 Å². The number of nitrogens with zero attached hydrogens (tertiary/aromatic N) is 3. The normalized spacial score (nSPS) is 22.9. The summed E-state index contributed by atoms with van der Waals surface area (Å²) in [6.45, 7) is 8.56. The molecule has 5 heteroatoms. The maximum atomic E-state index is 9.35. The van der Waals surface area contributed by atoms with Crippen LogP contribution in [0, 0.1) is 0 Å². The topological polar surface area (TPSA) is 56.0 Å². The van der Waals surface area contributed by atoms with Crippen molar-refractivity contribution in [3.63, 3.8) is 0 Å². The van der Waals surface area contributed by atoms with Crippen molar-refractivity contribution < 1.29 is 5.11 Å². The number of rotatable bonds is 6. The Hall–Kier alpha value is -0.200. The molecule has 102 valence electrons. The second-order valence-corrected chi connectivity index (χ2v) is 5.29. The van der Waals surface area contributed by atoms with Gasteiger partial charge >= 0.3 is 0 Å². The molecule has 17 heavy (non-hydrogen) atoms. The highest BCUT2D eigenvalue weighted by atomic mass is 16.3. The molecule has 1 aliphatic heterocycles. The van der Waals surface area contributed by atoms with Crippen LogP contribution in [0.3, 0.4) is 0 Å². The number of hydrogen-bond acceptors (Lipinski definition) is 5. The molecule has 0 aliphatic carbocycles. The van der Waals surface area contributed by atoms with Crippen LogP contribution in [0.2, 0.25) is 0 Å². The first-order valence-corrected chi connectivity index (χ1v) is 6.52. The lowest BCUT2D eigenvalue weighted by atomic mass is 10.1. The summed E-state index contributed by atoms with van der Waals surface area (Å²) in [5, 5.41) is 9.35. The fourth-order valence-corrected chi connectivity index (χ4v) is 2.27. The van der Waals surface area contributed by atoms with Crippen LogP contribution in [0.1, 0.15) is 6.92 Å². The van der Waals surface area contributed by atoms with Crippen LogP contribution in [0.15, 0.2) is 0 Å². The van der Waals surface area contributed by atoms with Gasteiger partial charge in [-0.3, -0.25) is 9.80 Å². The molecule has 0 spiro atoms. The van der Waals surface area contributed by atoms with Gasteiger partial charge in [0.2, 0.25) is 0 Å².